The zero-order chi connectivity index (χ0) is 26.5. The summed E-state index contributed by atoms with van der Waals surface area (Å²) in [7, 11) is 6.71. The maximum atomic E-state index is 12.6. The maximum Gasteiger partial charge on any atom is 0.321 e. The fraction of sp³-hybridized carbons (Fsp3) is 0.321. The van der Waals surface area contributed by atoms with Gasteiger partial charge in [0.2, 0.25) is 5.75 Å². The van der Waals surface area contributed by atoms with Crippen molar-refractivity contribution < 1.29 is 23.7 Å². The van der Waals surface area contributed by atoms with E-state index in [0.717, 1.165) is 40.9 Å². The van der Waals surface area contributed by atoms with Gasteiger partial charge in [-0.05, 0) is 54.9 Å². The van der Waals surface area contributed by atoms with Crippen LogP contribution in [0, 0.1) is 18.3 Å². The molecule has 0 saturated carbocycles. The second-order valence-corrected chi connectivity index (χ2v) is 9.65. The molecule has 0 aliphatic carbocycles. The van der Waals surface area contributed by atoms with Crippen molar-refractivity contribution in [1.82, 2.24) is 9.88 Å². The SMILES string of the molecule is COc1cc(-c2c(C#N)c(SCC(=O)Oc3cccc(C)c3)nc3c2CN(C)CC3)cc(OC)c1OC. The second-order valence-electron chi connectivity index (χ2n) is 8.69. The van der Waals surface area contributed by atoms with Gasteiger partial charge in [-0.3, -0.25) is 4.79 Å². The number of methoxy groups -OCH3 is 3. The maximum absolute atomic E-state index is 12.6. The third-order valence-electron chi connectivity index (χ3n) is 6.12. The topological polar surface area (TPSA) is 93.9 Å². The number of aromatic nitrogens is 1. The predicted octanol–water partition coefficient (Wildman–Crippen LogP) is 4.64. The number of fused-ring (bicyclic) bond motifs is 1. The molecule has 4 rings (SSSR count). The van der Waals surface area contributed by atoms with E-state index in [2.05, 4.69) is 11.0 Å². The van der Waals surface area contributed by atoms with Gasteiger partial charge >= 0.3 is 5.97 Å². The van der Waals surface area contributed by atoms with Crippen LogP contribution in [0.2, 0.25) is 0 Å². The van der Waals surface area contributed by atoms with Gasteiger partial charge in [0.25, 0.3) is 0 Å². The summed E-state index contributed by atoms with van der Waals surface area (Å²) in [5.74, 6) is 1.56. The summed E-state index contributed by atoms with van der Waals surface area (Å²) in [4.78, 5) is 19.6. The number of aryl methyl sites for hydroxylation is 1. The first-order chi connectivity index (χ1) is 17.9. The first-order valence-electron chi connectivity index (χ1n) is 11.7. The summed E-state index contributed by atoms with van der Waals surface area (Å²) in [5.41, 5.74) is 4.80. The Morgan fingerprint density at radius 3 is 2.49 bits per heavy atom. The molecule has 0 N–H and O–H groups in total. The Balaban J connectivity index is 1.76. The Kier molecular flexibility index (Phi) is 8.21. The van der Waals surface area contributed by atoms with E-state index >= 15 is 0 Å². The molecule has 37 heavy (non-hydrogen) atoms. The molecule has 0 spiro atoms. The smallest absolute Gasteiger partial charge is 0.321 e. The number of nitriles is 1. The van der Waals surface area contributed by atoms with Gasteiger partial charge in [0.1, 0.15) is 16.8 Å². The van der Waals surface area contributed by atoms with E-state index in [1.54, 1.807) is 33.5 Å². The van der Waals surface area contributed by atoms with Crippen molar-refractivity contribution in [2.45, 2.75) is 24.9 Å². The second kappa shape index (κ2) is 11.5. The number of carbonyl (C=O) groups excluding carboxylic acids is 1. The summed E-state index contributed by atoms with van der Waals surface area (Å²) in [6, 6.07) is 13.3. The molecule has 1 aliphatic rings. The molecule has 1 aromatic heterocycles. The number of likely N-dealkylation sites (N-methyl/N-ethyl adjacent to an activating group) is 1. The quantitative estimate of drug-likeness (QED) is 0.240. The number of hydrogen-bond acceptors (Lipinski definition) is 9. The summed E-state index contributed by atoms with van der Waals surface area (Å²) in [5, 5.41) is 10.8. The highest BCUT2D eigenvalue weighted by molar-refractivity contribution is 7.99. The van der Waals surface area contributed by atoms with Crippen molar-refractivity contribution in [2.24, 2.45) is 0 Å². The van der Waals surface area contributed by atoms with Crippen LogP contribution in [0.3, 0.4) is 0 Å². The Morgan fingerprint density at radius 1 is 1.14 bits per heavy atom. The fourth-order valence-electron chi connectivity index (χ4n) is 4.39. The van der Waals surface area contributed by atoms with Crippen molar-refractivity contribution in [2.75, 3.05) is 40.7 Å². The van der Waals surface area contributed by atoms with Crippen molar-refractivity contribution >= 4 is 17.7 Å². The molecule has 1 aliphatic heterocycles. The van der Waals surface area contributed by atoms with E-state index in [0.29, 0.717) is 40.1 Å². The van der Waals surface area contributed by atoms with Gasteiger partial charge in [0, 0.05) is 30.8 Å². The zero-order valence-electron chi connectivity index (χ0n) is 21.6. The highest BCUT2D eigenvalue weighted by atomic mass is 32.2. The fourth-order valence-corrected chi connectivity index (χ4v) is 5.17. The normalized spacial score (nSPS) is 12.9. The average Bonchev–Trinajstić information content (AvgIpc) is 2.90. The van der Waals surface area contributed by atoms with Crippen LogP contribution < -0.4 is 18.9 Å². The molecule has 0 radical (unpaired) electrons. The van der Waals surface area contributed by atoms with Crippen molar-refractivity contribution in [3.8, 4) is 40.2 Å². The number of rotatable bonds is 8. The molecule has 0 fully saturated rings. The van der Waals surface area contributed by atoms with Crippen LogP contribution in [0.25, 0.3) is 11.1 Å². The monoisotopic (exact) mass is 519 g/mol. The van der Waals surface area contributed by atoms with Crippen LogP contribution >= 0.6 is 11.8 Å². The highest BCUT2D eigenvalue weighted by Gasteiger charge is 2.27. The minimum atomic E-state index is -0.409. The van der Waals surface area contributed by atoms with E-state index < -0.39 is 5.97 Å². The molecule has 0 bridgehead atoms. The van der Waals surface area contributed by atoms with Crippen LogP contribution in [-0.2, 0) is 17.8 Å². The third-order valence-corrected chi connectivity index (χ3v) is 7.07. The molecule has 3 aromatic rings. The van der Waals surface area contributed by atoms with E-state index in [4.69, 9.17) is 23.9 Å². The summed E-state index contributed by atoms with van der Waals surface area (Å²) in [6.45, 7) is 3.42. The van der Waals surface area contributed by atoms with Gasteiger partial charge in [0.15, 0.2) is 11.5 Å². The van der Waals surface area contributed by atoms with Gasteiger partial charge in [-0.25, -0.2) is 4.98 Å². The number of carbonyl (C=O) groups is 1. The van der Waals surface area contributed by atoms with Gasteiger partial charge < -0.3 is 23.8 Å². The zero-order valence-corrected chi connectivity index (χ0v) is 22.4. The first-order valence-corrected chi connectivity index (χ1v) is 12.7. The highest BCUT2D eigenvalue weighted by Crippen LogP contribution is 2.44. The third kappa shape index (κ3) is 5.66. The number of benzene rings is 2. The molecular formula is C28H29N3O5S. The van der Waals surface area contributed by atoms with E-state index in [9.17, 15) is 10.1 Å². The van der Waals surface area contributed by atoms with Crippen LogP contribution in [0.5, 0.6) is 23.0 Å². The summed E-state index contributed by atoms with van der Waals surface area (Å²) >= 11 is 1.20. The molecular weight excluding hydrogens is 490 g/mol. The van der Waals surface area contributed by atoms with Crippen LogP contribution in [0.4, 0.5) is 0 Å². The minimum absolute atomic E-state index is 0.0169. The molecule has 2 heterocycles. The molecule has 0 atom stereocenters. The lowest BCUT2D eigenvalue weighted by molar-refractivity contribution is -0.131. The predicted molar refractivity (Wildman–Crippen MR) is 142 cm³/mol. The standard InChI is InChI=1S/C28H29N3O5S/c1-17-7-6-8-19(11-17)36-25(32)16-37-28-20(14-29)26(21-15-31(2)10-9-22(21)30-28)18-12-23(33-3)27(35-5)24(13-18)34-4/h6-8,11-13H,9-10,15-16H2,1-5H3. The Morgan fingerprint density at radius 2 is 1.86 bits per heavy atom. The lowest BCUT2D eigenvalue weighted by Crippen LogP contribution is -2.28. The summed E-state index contributed by atoms with van der Waals surface area (Å²) in [6.07, 6.45) is 0.732. The van der Waals surface area contributed by atoms with Crippen molar-refractivity contribution in [1.29, 1.82) is 5.26 Å². The average molecular weight is 520 g/mol. The molecule has 9 heteroatoms. The Bertz CT molecular complexity index is 1340. The molecule has 2 aromatic carbocycles. The van der Waals surface area contributed by atoms with Gasteiger partial charge in [-0.1, -0.05) is 23.9 Å². The molecule has 0 unspecified atom stereocenters. The van der Waals surface area contributed by atoms with Crippen LogP contribution in [-0.4, -0.2) is 56.5 Å². The van der Waals surface area contributed by atoms with Gasteiger partial charge in [-0.2, -0.15) is 5.26 Å². The minimum Gasteiger partial charge on any atom is -0.493 e. The number of thioether (sulfide) groups is 1. The Labute approximate surface area is 221 Å². The molecule has 192 valence electrons. The summed E-state index contributed by atoms with van der Waals surface area (Å²) < 4.78 is 22.1. The molecule has 0 saturated heterocycles. The number of hydrogen-bond donors (Lipinski definition) is 0. The molecule has 0 amide bonds. The van der Waals surface area contributed by atoms with Crippen molar-refractivity contribution in [3.05, 3.63) is 58.8 Å². The van der Waals surface area contributed by atoms with Crippen LogP contribution in [0.1, 0.15) is 22.4 Å². The first kappa shape index (κ1) is 26.3. The largest absolute Gasteiger partial charge is 0.493 e. The number of nitrogens with zero attached hydrogens (tertiary/aromatic N) is 3. The van der Waals surface area contributed by atoms with Gasteiger partial charge in [-0.15, -0.1) is 0 Å². The molecule has 8 nitrogen and oxygen atoms in total. The van der Waals surface area contributed by atoms with Crippen molar-refractivity contribution in [3.63, 3.8) is 0 Å². The number of ether oxygens (including phenoxy) is 4. The Hall–Kier alpha value is -3.74. The number of esters is 1. The lowest BCUT2D eigenvalue weighted by Gasteiger charge is -2.28. The lowest BCUT2D eigenvalue weighted by atomic mass is 9.91. The van der Waals surface area contributed by atoms with E-state index in [1.807, 2.05) is 38.2 Å². The van der Waals surface area contributed by atoms with Gasteiger partial charge in [0.05, 0.1) is 32.6 Å². The van der Waals surface area contributed by atoms with E-state index in [1.165, 1.54) is 11.8 Å². The van der Waals surface area contributed by atoms with Crippen LogP contribution in [0.15, 0.2) is 41.4 Å². The number of pyridine rings is 1. The van der Waals surface area contributed by atoms with E-state index in [-0.39, 0.29) is 5.75 Å².